The summed E-state index contributed by atoms with van der Waals surface area (Å²) in [5.74, 6) is 0.928. The largest absolute Gasteiger partial charge is 0.495 e. The molecule has 0 spiro atoms. The molecule has 3 rings (SSSR count). The molecule has 0 aliphatic rings. The van der Waals surface area contributed by atoms with Crippen LogP contribution in [0.3, 0.4) is 0 Å². The van der Waals surface area contributed by atoms with Crippen LogP contribution in [-0.4, -0.2) is 23.0 Å². The number of aromatic nitrogens is 2. The number of aryl methyl sites for hydroxylation is 1. The van der Waals surface area contributed by atoms with Crippen LogP contribution < -0.4 is 15.4 Å². The highest BCUT2D eigenvalue weighted by Crippen LogP contribution is 2.27. The molecule has 0 saturated carbocycles. The van der Waals surface area contributed by atoms with E-state index in [0.29, 0.717) is 17.3 Å². The molecular formula is C19H18N4O2. The van der Waals surface area contributed by atoms with Crippen molar-refractivity contribution in [1.29, 1.82) is 0 Å². The van der Waals surface area contributed by atoms with Crippen LogP contribution in [-0.2, 0) is 0 Å². The number of methoxy groups -OCH3 is 1. The first-order valence-corrected chi connectivity index (χ1v) is 7.76. The van der Waals surface area contributed by atoms with Gasteiger partial charge in [-0.2, -0.15) is 0 Å². The number of rotatable bonds is 5. The van der Waals surface area contributed by atoms with Crippen LogP contribution in [0.5, 0.6) is 5.75 Å². The molecule has 1 amide bonds. The molecule has 126 valence electrons. The molecule has 0 fully saturated rings. The predicted molar refractivity (Wildman–Crippen MR) is 97.4 cm³/mol. The number of amides is 1. The van der Waals surface area contributed by atoms with Crippen LogP contribution in [0.2, 0.25) is 0 Å². The van der Waals surface area contributed by atoms with E-state index < -0.39 is 0 Å². The topological polar surface area (TPSA) is 76.1 Å². The summed E-state index contributed by atoms with van der Waals surface area (Å²) >= 11 is 0. The Morgan fingerprint density at radius 1 is 1.04 bits per heavy atom. The van der Waals surface area contributed by atoms with Gasteiger partial charge in [-0.15, -0.1) is 0 Å². The molecule has 1 heterocycles. The van der Waals surface area contributed by atoms with Gasteiger partial charge in [-0.1, -0.05) is 24.3 Å². The third kappa shape index (κ3) is 4.11. The molecule has 25 heavy (non-hydrogen) atoms. The van der Waals surface area contributed by atoms with Crippen LogP contribution in [0, 0.1) is 6.92 Å². The maximum Gasteiger partial charge on any atom is 0.275 e. The first kappa shape index (κ1) is 16.4. The summed E-state index contributed by atoms with van der Waals surface area (Å²) < 4.78 is 5.33. The van der Waals surface area contributed by atoms with Crippen molar-refractivity contribution >= 4 is 23.1 Å². The number of para-hydroxylation sites is 1. The smallest absolute Gasteiger partial charge is 0.275 e. The van der Waals surface area contributed by atoms with E-state index in [2.05, 4.69) is 20.6 Å². The lowest BCUT2D eigenvalue weighted by Crippen LogP contribution is -2.14. The summed E-state index contributed by atoms with van der Waals surface area (Å²) in [4.78, 5) is 20.6. The van der Waals surface area contributed by atoms with Crippen molar-refractivity contribution in [3.63, 3.8) is 0 Å². The molecule has 0 aliphatic carbocycles. The quantitative estimate of drug-likeness (QED) is 0.742. The number of nitrogens with zero attached hydrogens (tertiary/aromatic N) is 2. The van der Waals surface area contributed by atoms with E-state index in [-0.39, 0.29) is 11.6 Å². The molecule has 6 nitrogen and oxygen atoms in total. The van der Waals surface area contributed by atoms with Gasteiger partial charge in [0.25, 0.3) is 5.91 Å². The number of carbonyl (C=O) groups is 1. The van der Waals surface area contributed by atoms with Crippen LogP contribution in [0.1, 0.15) is 16.1 Å². The molecule has 1 aromatic heterocycles. The zero-order chi connectivity index (χ0) is 17.6. The van der Waals surface area contributed by atoms with Gasteiger partial charge in [0.15, 0.2) is 0 Å². The average molecular weight is 334 g/mol. The second-order valence-corrected chi connectivity index (χ2v) is 5.44. The van der Waals surface area contributed by atoms with Gasteiger partial charge in [0.1, 0.15) is 17.3 Å². The highest BCUT2D eigenvalue weighted by atomic mass is 16.5. The lowest BCUT2D eigenvalue weighted by molar-refractivity contribution is 0.102. The summed E-state index contributed by atoms with van der Waals surface area (Å²) in [5.41, 5.74) is 2.83. The fraction of sp³-hybridized carbons (Fsp3) is 0.105. The van der Waals surface area contributed by atoms with Crippen molar-refractivity contribution in [2.75, 3.05) is 17.7 Å². The first-order chi connectivity index (χ1) is 12.2. The monoisotopic (exact) mass is 334 g/mol. The Balaban J connectivity index is 1.72. The van der Waals surface area contributed by atoms with Gasteiger partial charge in [-0.05, 0) is 36.8 Å². The van der Waals surface area contributed by atoms with E-state index in [0.717, 1.165) is 11.3 Å². The van der Waals surface area contributed by atoms with Crippen LogP contribution in [0.15, 0.2) is 60.9 Å². The molecule has 0 unspecified atom stereocenters. The standard InChI is InChI=1S/C19H18N4O2/c1-13-8-9-17(25-2)15(10-13)23-18-12-20-16(11-21-18)19(24)22-14-6-4-3-5-7-14/h3-12H,1-2H3,(H,21,23)(H,22,24). The molecular weight excluding hydrogens is 316 g/mol. The molecule has 0 aliphatic heterocycles. The minimum absolute atomic E-state index is 0.241. The summed E-state index contributed by atoms with van der Waals surface area (Å²) in [7, 11) is 1.61. The van der Waals surface area contributed by atoms with Gasteiger partial charge in [-0.25, -0.2) is 9.97 Å². The summed E-state index contributed by atoms with van der Waals surface area (Å²) in [6.45, 7) is 1.99. The second-order valence-electron chi connectivity index (χ2n) is 5.44. The SMILES string of the molecule is COc1ccc(C)cc1Nc1cnc(C(=O)Nc2ccccc2)cn1. The van der Waals surface area contributed by atoms with Crippen molar-refractivity contribution in [3.05, 3.63) is 72.2 Å². The molecule has 0 saturated heterocycles. The molecule has 2 aromatic carbocycles. The van der Waals surface area contributed by atoms with Crippen LogP contribution in [0.25, 0.3) is 0 Å². The number of anilines is 3. The number of hydrogen-bond acceptors (Lipinski definition) is 5. The normalized spacial score (nSPS) is 10.2. The van der Waals surface area contributed by atoms with Gasteiger partial charge in [0.2, 0.25) is 0 Å². The number of benzene rings is 2. The molecule has 0 atom stereocenters. The lowest BCUT2D eigenvalue weighted by Gasteiger charge is -2.11. The van der Waals surface area contributed by atoms with E-state index in [4.69, 9.17) is 4.74 Å². The molecule has 2 N–H and O–H groups in total. The Hall–Kier alpha value is -3.41. The third-order valence-corrected chi connectivity index (χ3v) is 3.53. The summed E-state index contributed by atoms with van der Waals surface area (Å²) in [6.07, 6.45) is 2.95. The number of nitrogens with one attached hydrogen (secondary N) is 2. The summed E-state index contributed by atoms with van der Waals surface area (Å²) in [5, 5.41) is 5.92. The van der Waals surface area contributed by atoms with Crippen molar-refractivity contribution in [1.82, 2.24) is 9.97 Å². The zero-order valence-corrected chi connectivity index (χ0v) is 14.0. The first-order valence-electron chi connectivity index (χ1n) is 7.76. The van der Waals surface area contributed by atoms with E-state index >= 15 is 0 Å². The molecule has 0 bridgehead atoms. The van der Waals surface area contributed by atoms with Gasteiger partial charge in [0, 0.05) is 5.69 Å². The van der Waals surface area contributed by atoms with Gasteiger partial charge in [-0.3, -0.25) is 4.79 Å². The maximum atomic E-state index is 12.2. The minimum atomic E-state index is -0.307. The fourth-order valence-corrected chi connectivity index (χ4v) is 2.28. The highest BCUT2D eigenvalue weighted by molar-refractivity contribution is 6.02. The number of carbonyl (C=O) groups excluding carboxylic acids is 1. The molecule has 3 aromatic rings. The van der Waals surface area contributed by atoms with Crippen LogP contribution in [0.4, 0.5) is 17.2 Å². The predicted octanol–water partition coefficient (Wildman–Crippen LogP) is 3.79. The zero-order valence-electron chi connectivity index (χ0n) is 14.0. The van der Waals surface area contributed by atoms with E-state index in [1.165, 1.54) is 12.4 Å². The van der Waals surface area contributed by atoms with Crippen molar-refractivity contribution < 1.29 is 9.53 Å². The average Bonchev–Trinajstić information content (AvgIpc) is 2.63. The van der Waals surface area contributed by atoms with E-state index in [1.807, 2.05) is 55.5 Å². The van der Waals surface area contributed by atoms with Crippen molar-refractivity contribution in [2.45, 2.75) is 6.92 Å². The Kier molecular flexibility index (Phi) is 4.89. The van der Waals surface area contributed by atoms with Gasteiger partial charge < -0.3 is 15.4 Å². The van der Waals surface area contributed by atoms with Crippen LogP contribution >= 0.6 is 0 Å². The Bertz CT molecular complexity index is 864. The molecule has 6 heteroatoms. The lowest BCUT2D eigenvalue weighted by atomic mass is 10.2. The fourth-order valence-electron chi connectivity index (χ4n) is 2.28. The van der Waals surface area contributed by atoms with Crippen molar-refractivity contribution in [2.24, 2.45) is 0 Å². The van der Waals surface area contributed by atoms with Gasteiger partial charge >= 0.3 is 0 Å². The van der Waals surface area contributed by atoms with Crippen molar-refractivity contribution in [3.8, 4) is 5.75 Å². The number of hydrogen-bond donors (Lipinski definition) is 2. The van der Waals surface area contributed by atoms with Gasteiger partial charge in [0.05, 0.1) is 25.2 Å². The Morgan fingerprint density at radius 3 is 2.52 bits per heavy atom. The second kappa shape index (κ2) is 7.44. The summed E-state index contributed by atoms with van der Waals surface area (Å²) in [6, 6.07) is 15.0. The van der Waals surface area contributed by atoms with E-state index in [9.17, 15) is 4.79 Å². The maximum absolute atomic E-state index is 12.2. The molecule has 0 radical (unpaired) electrons. The highest BCUT2D eigenvalue weighted by Gasteiger charge is 2.09. The third-order valence-electron chi connectivity index (χ3n) is 3.53. The van der Waals surface area contributed by atoms with E-state index in [1.54, 1.807) is 7.11 Å². The number of ether oxygens (including phenoxy) is 1. The Labute approximate surface area is 145 Å². The minimum Gasteiger partial charge on any atom is -0.495 e. The Morgan fingerprint density at radius 2 is 1.84 bits per heavy atom.